The summed E-state index contributed by atoms with van der Waals surface area (Å²) < 4.78 is 0.157. The fourth-order valence-electron chi connectivity index (χ4n) is 0.230. The highest BCUT2D eigenvalue weighted by molar-refractivity contribution is 8.00. The van der Waals surface area contributed by atoms with Crippen molar-refractivity contribution in [1.29, 1.82) is 0 Å². The molecule has 0 aliphatic carbocycles. The van der Waals surface area contributed by atoms with Crippen molar-refractivity contribution in [3.63, 3.8) is 0 Å². The summed E-state index contributed by atoms with van der Waals surface area (Å²) in [5.41, 5.74) is 0. The molecule has 0 aliphatic heterocycles. The Morgan fingerprint density at radius 1 is 1.71 bits per heavy atom. The van der Waals surface area contributed by atoms with E-state index < -0.39 is 0 Å². The number of rotatable bonds is 2. The van der Waals surface area contributed by atoms with Crippen molar-refractivity contribution < 1.29 is 0 Å². The van der Waals surface area contributed by atoms with Gasteiger partial charge in [0.15, 0.2) is 0 Å². The largest absolute Gasteiger partial charge is 0.142 e. The Hall–Kier alpha value is 0.380. The lowest BCUT2D eigenvalue weighted by Gasteiger charge is -1.92. The molecule has 0 nitrogen and oxygen atoms in total. The Morgan fingerprint density at radius 2 is 2.29 bits per heavy atom. The molecule has 0 rings (SSSR count). The summed E-state index contributed by atoms with van der Waals surface area (Å²) in [5.74, 6) is 0. The van der Waals surface area contributed by atoms with Crippen molar-refractivity contribution in [2.75, 3.05) is 6.26 Å². The highest BCUT2D eigenvalue weighted by atomic mass is 35.5. The molecule has 0 spiro atoms. The zero-order chi connectivity index (χ0) is 5.70. The summed E-state index contributed by atoms with van der Waals surface area (Å²) in [6, 6.07) is 0. The normalized spacial score (nSPS) is 15.3. The van der Waals surface area contributed by atoms with Gasteiger partial charge in [0.05, 0.1) is 4.71 Å². The monoisotopic (exact) mass is 136 g/mol. The van der Waals surface area contributed by atoms with E-state index in [-0.39, 0.29) is 4.71 Å². The van der Waals surface area contributed by atoms with Crippen molar-refractivity contribution >= 4 is 23.4 Å². The highest BCUT2D eigenvalue weighted by Crippen LogP contribution is 2.11. The van der Waals surface area contributed by atoms with Crippen molar-refractivity contribution in [3.05, 3.63) is 12.2 Å². The average Bonchev–Trinajstić information content (AvgIpc) is 1.68. The minimum atomic E-state index is 0.157. The van der Waals surface area contributed by atoms with Crippen LogP contribution in [0, 0.1) is 0 Å². The Morgan fingerprint density at radius 3 is 2.43 bits per heavy atom. The number of halogens is 1. The standard InChI is InChI=1S/C5H9ClS/c1-3-4-5(6)7-2/h3-5H,1-2H3/b4-3+. The van der Waals surface area contributed by atoms with Crippen molar-refractivity contribution in [2.45, 2.75) is 11.6 Å². The lowest BCUT2D eigenvalue weighted by atomic mass is 10.6. The molecular formula is C5H9ClS. The third-order valence-corrected chi connectivity index (χ3v) is 1.86. The molecule has 0 fully saturated rings. The zero-order valence-corrected chi connectivity index (χ0v) is 6.09. The predicted octanol–water partition coefficient (Wildman–Crippen LogP) is 2.49. The van der Waals surface area contributed by atoms with E-state index in [1.54, 1.807) is 11.8 Å². The number of alkyl halides is 1. The van der Waals surface area contributed by atoms with Gasteiger partial charge in [-0.25, -0.2) is 0 Å². The molecule has 2 heteroatoms. The number of allylic oxidation sites excluding steroid dienone is 1. The average molecular weight is 137 g/mol. The van der Waals surface area contributed by atoms with Gasteiger partial charge in [-0.2, -0.15) is 0 Å². The van der Waals surface area contributed by atoms with Gasteiger partial charge in [0.1, 0.15) is 0 Å². The van der Waals surface area contributed by atoms with Crippen LogP contribution in [0.25, 0.3) is 0 Å². The third kappa shape index (κ3) is 4.23. The maximum Gasteiger partial charge on any atom is 0.0966 e. The number of hydrogen-bond acceptors (Lipinski definition) is 1. The molecule has 0 aromatic rings. The van der Waals surface area contributed by atoms with E-state index >= 15 is 0 Å². The molecule has 0 N–H and O–H groups in total. The van der Waals surface area contributed by atoms with Gasteiger partial charge in [-0.15, -0.1) is 23.4 Å². The molecule has 1 unspecified atom stereocenters. The van der Waals surface area contributed by atoms with Crippen molar-refractivity contribution in [3.8, 4) is 0 Å². The zero-order valence-electron chi connectivity index (χ0n) is 4.52. The van der Waals surface area contributed by atoms with Crippen LogP contribution in [-0.4, -0.2) is 11.0 Å². The fraction of sp³-hybridized carbons (Fsp3) is 0.600. The van der Waals surface area contributed by atoms with E-state index in [1.165, 1.54) is 0 Å². The number of hydrogen-bond donors (Lipinski definition) is 0. The second kappa shape index (κ2) is 4.54. The van der Waals surface area contributed by atoms with Gasteiger partial charge in [0.2, 0.25) is 0 Å². The molecule has 0 bridgehead atoms. The van der Waals surface area contributed by atoms with Crippen molar-refractivity contribution in [2.24, 2.45) is 0 Å². The van der Waals surface area contributed by atoms with Gasteiger partial charge in [0, 0.05) is 0 Å². The summed E-state index contributed by atoms with van der Waals surface area (Å²) in [7, 11) is 0. The predicted molar refractivity (Wildman–Crippen MR) is 38.0 cm³/mol. The molecule has 42 valence electrons. The highest BCUT2D eigenvalue weighted by Gasteiger charge is 1.89. The molecule has 0 heterocycles. The van der Waals surface area contributed by atoms with Crippen LogP contribution in [0.4, 0.5) is 0 Å². The van der Waals surface area contributed by atoms with Gasteiger partial charge in [-0.3, -0.25) is 0 Å². The van der Waals surface area contributed by atoms with Crippen molar-refractivity contribution in [1.82, 2.24) is 0 Å². The molecule has 1 atom stereocenters. The summed E-state index contributed by atoms with van der Waals surface area (Å²) in [6.45, 7) is 1.96. The summed E-state index contributed by atoms with van der Waals surface area (Å²) in [5, 5.41) is 0. The van der Waals surface area contributed by atoms with Crippen LogP contribution in [0.2, 0.25) is 0 Å². The molecule has 0 radical (unpaired) electrons. The van der Waals surface area contributed by atoms with Crippen LogP contribution in [-0.2, 0) is 0 Å². The third-order valence-electron chi connectivity index (χ3n) is 0.569. The summed E-state index contributed by atoms with van der Waals surface area (Å²) in [6.07, 6.45) is 5.89. The second-order valence-electron chi connectivity index (χ2n) is 1.11. The van der Waals surface area contributed by atoms with E-state index in [0.29, 0.717) is 0 Å². The molecule has 0 saturated heterocycles. The van der Waals surface area contributed by atoms with E-state index in [0.717, 1.165) is 0 Å². The Kier molecular flexibility index (Phi) is 4.78. The number of thioether (sulfide) groups is 1. The van der Waals surface area contributed by atoms with Gasteiger partial charge in [-0.05, 0) is 13.2 Å². The first-order valence-electron chi connectivity index (χ1n) is 2.11. The molecule has 0 aromatic heterocycles. The van der Waals surface area contributed by atoms with Crippen LogP contribution < -0.4 is 0 Å². The van der Waals surface area contributed by atoms with E-state index in [9.17, 15) is 0 Å². The lowest BCUT2D eigenvalue weighted by molar-refractivity contribution is 1.57. The van der Waals surface area contributed by atoms with E-state index in [2.05, 4.69) is 0 Å². The topological polar surface area (TPSA) is 0 Å². The molecule has 0 saturated carbocycles. The Labute approximate surface area is 53.9 Å². The van der Waals surface area contributed by atoms with Gasteiger partial charge in [0.25, 0.3) is 0 Å². The van der Waals surface area contributed by atoms with Crippen LogP contribution in [0.15, 0.2) is 12.2 Å². The SMILES string of the molecule is C/C=C/C(Cl)SC. The minimum Gasteiger partial charge on any atom is -0.142 e. The van der Waals surface area contributed by atoms with E-state index in [4.69, 9.17) is 11.6 Å². The quantitative estimate of drug-likeness (QED) is 0.415. The van der Waals surface area contributed by atoms with Crippen LogP contribution in [0.5, 0.6) is 0 Å². The summed E-state index contributed by atoms with van der Waals surface area (Å²) in [4.78, 5) is 0. The molecule has 0 aliphatic rings. The first-order valence-corrected chi connectivity index (χ1v) is 3.83. The molecular weight excluding hydrogens is 128 g/mol. The summed E-state index contributed by atoms with van der Waals surface area (Å²) >= 11 is 7.27. The molecule has 0 amide bonds. The van der Waals surface area contributed by atoms with E-state index in [1.807, 2.05) is 25.3 Å². The maximum atomic E-state index is 5.64. The lowest BCUT2D eigenvalue weighted by Crippen LogP contribution is -1.79. The first kappa shape index (κ1) is 7.38. The Bertz CT molecular complexity index is 61.1. The van der Waals surface area contributed by atoms with Crippen LogP contribution >= 0.6 is 23.4 Å². The van der Waals surface area contributed by atoms with Gasteiger partial charge < -0.3 is 0 Å². The van der Waals surface area contributed by atoms with Gasteiger partial charge in [-0.1, -0.05) is 12.2 Å². The maximum absolute atomic E-state index is 5.64. The van der Waals surface area contributed by atoms with Gasteiger partial charge >= 0.3 is 0 Å². The minimum absolute atomic E-state index is 0.157. The molecule has 7 heavy (non-hydrogen) atoms. The first-order chi connectivity index (χ1) is 3.31. The second-order valence-corrected chi connectivity index (χ2v) is 2.82. The Balaban J connectivity index is 3.16. The van der Waals surface area contributed by atoms with Crippen LogP contribution in [0.3, 0.4) is 0 Å². The fourth-order valence-corrected chi connectivity index (χ4v) is 0.690. The smallest absolute Gasteiger partial charge is 0.0966 e. The molecule has 0 aromatic carbocycles. The van der Waals surface area contributed by atoms with Crippen LogP contribution in [0.1, 0.15) is 6.92 Å².